The minimum Gasteiger partial charge on any atom is -0.0952 e. The van der Waals surface area contributed by atoms with Gasteiger partial charge in [-0.2, -0.15) is 0 Å². The maximum atomic E-state index is 4.17. The van der Waals surface area contributed by atoms with Crippen LogP contribution in [-0.4, -0.2) is 0 Å². The topological polar surface area (TPSA) is 0 Å². The molecule has 0 heteroatoms. The third kappa shape index (κ3) is 3.54. The lowest BCUT2D eigenvalue weighted by Crippen LogP contribution is -1.87. The normalized spacial score (nSPS) is 10.3. The van der Waals surface area contributed by atoms with Gasteiger partial charge < -0.3 is 0 Å². The maximum Gasteiger partial charge on any atom is -0.0228 e. The zero-order valence-corrected chi connectivity index (χ0v) is 10.3. The van der Waals surface area contributed by atoms with Crippen LogP contribution in [0.15, 0.2) is 24.8 Å². The van der Waals surface area contributed by atoms with Gasteiger partial charge in [-0.15, -0.1) is 0 Å². The standard InChI is InChI=1S/C15H22/c1-5-6-7-8-13(3)15-10-9-12(2)14(4)11-15/h9-11H,3,5-8H2,1-2,4H3. The fourth-order valence-electron chi connectivity index (χ4n) is 1.69. The van der Waals surface area contributed by atoms with Gasteiger partial charge in [0.1, 0.15) is 0 Å². The van der Waals surface area contributed by atoms with Crippen LogP contribution in [0.25, 0.3) is 5.57 Å². The van der Waals surface area contributed by atoms with Gasteiger partial charge in [0.05, 0.1) is 0 Å². The Morgan fingerprint density at radius 2 is 1.87 bits per heavy atom. The van der Waals surface area contributed by atoms with Crippen molar-refractivity contribution in [2.24, 2.45) is 0 Å². The van der Waals surface area contributed by atoms with Crippen LogP contribution in [0.5, 0.6) is 0 Å². The Morgan fingerprint density at radius 1 is 1.13 bits per heavy atom. The second-order valence-corrected chi connectivity index (χ2v) is 4.36. The Hall–Kier alpha value is -1.04. The highest BCUT2D eigenvalue weighted by Crippen LogP contribution is 2.21. The van der Waals surface area contributed by atoms with E-state index in [1.807, 2.05) is 0 Å². The second-order valence-electron chi connectivity index (χ2n) is 4.36. The molecule has 1 aromatic rings. The number of rotatable bonds is 5. The van der Waals surface area contributed by atoms with Crippen molar-refractivity contribution in [2.45, 2.75) is 46.5 Å². The fraction of sp³-hybridized carbons (Fsp3) is 0.467. The van der Waals surface area contributed by atoms with Crippen molar-refractivity contribution in [1.82, 2.24) is 0 Å². The minimum atomic E-state index is 1.14. The highest BCUT2D eigenvalue weighted by Gasteiger charge is 2.00. The predicted molar refractivity (Wildman–Crippen MR) is 69.1 cm³/mol. The first-order valence-electron chi connectivity index (χ1n) is 5.90. The Morgan fingerprint density at radius 3 is 2.47 bits per heavy atom. The van der Waals surface area contributed by atoms with E-state index in [1.165, 1.54) is 41.5 Å². The van der Waals surface area contributed by atoms with E-state index in [-0.39, 0.29) is 0 Å². The highest BCUT2D eigenvalue weighted by molar-refractivity contribution is 5.64. The Balaban J connectivity index is 2.62. The lowest BCUT2D eigenvalue weighted by atomic mass is 9.98. The van der Waals surface area contributed by atoms with Gasteiger partial charge in [-0.3, -0.25) is 0 Å². The van der Waals surface area contributed by atoms with E-state index < -0.39 is 0 Å². The van der Waals surface area contributed by atoms with E-state index in [2.05, 4.69) is 45.5 Å². The molecule has 0 nitrogen and oxygen atoms in total. The van der Waals surface area contributed by atoms with E-state index in [9.17, 15) is 0 Å². The molecular formula is C15H22. The van der Waals surface area contributed by atoms with Gasteiger partial charge in [0.25, 0.3) is 0 Å². The minimum absolute atomic E-state index is 1.14. The summed E-state index contributed by atoms with van der Waals surface area (Å²) >= 11 is 0. The average molecular weight is 202 g/mol. The number of benzene rings is 1. The molecule has 0 amide bonds. The molecule has 0 aliphatic rings. The summed E-state index contributed by atoms with van der Waals surface area (Å²) in [5, 5.41) is 0. The zero-order valence-electron chi connectivity index (χ0n) is 10.3. The van der Waals surface area contributed by atoms with Crippen molar-refractivity contribution in [1.29, 1.82) is 0 Å². The summed E-state index contributed by atoms with van der Waals surface area (Å²) in [5.41, 5.74) is 5.32. The van der Waals surface area contributed by atoms with Crippen molar-refractivity contribution in [3.63, 3.8) is 0 Å². The molecule has 15 heavy (non-hydrogen) atoms. The molecule has 0 bridgehead atoms. The number of hydrogen-bond acceptors (Lipinski definition) is 0. The zero-order chi connectivity index (χ0) is 11.3. The molecule has 0 unspecified atom stereocenters. The largest absolute Gasteiger partial charge is 0.0952 e. The number of aryl methyl sites for hydroxylation is 2. The molecule has 0 aromatic heterocycles. The molecule has 0 saturated heterocycles. The van der Waals surface area contributed by atoms with Gasteiger partial charge in [-0.05, 0) is 49.0 Å². The van der Waals surface area contributed by atoms with Crippen molar-refractivity contribution < 1.29 is 0 Å². The second kappa shape index (κ2) is 5.75. The summed E-state index contributed by atoms with van der Waals surface area (Å²) in [6.07, 6.45) is 4.99. The summed E-state index contributed by atoms with van der Waals surface area (Å²) in [5.74, 6) is 0. The molecule has 0 N–H and O–H groups in total. The van der Waals surface area contributed by atoms with Crippen LogP contribution in [0, 0.1) is 13.8 Å². The highest BCUT2D eigenvalue weighted by atomic mass is 14.1. The van der Waals surface area contributed by atoms with Crippen molar-refractivity contribution in [3.05, 3.63) is 41.5 Å². The molecule has 0 aliphatic heterocycles. The van der Waals surface area contributed by atoms with Crippen LogP contribution >= 0.6 is 0 Å². The maximum absolute atomic E-state index is 4.17. The molecule has 0 atom stereocenters. The Bertz CT molecular complexity index is 334. The Labute approximate surface area is 94.0 Å². The molecule has 0 fully saturated rings. The predicted octanol–water partition coefficient (Wildman–Crippen LogP) is 4.90. The third-order valence-corrected chi connectivity index (χ3v) is 3.00. The average Bonchev–Trinajstić information content (AvgIpc) is 2.22. The molecule has 0 saturated carbocycles. The monoisotopic (exact) mass is 202 g/mol. The quantitative estimate of drug-likeness (QED) is 0.596. The smallest absolute Gasteiger partial charge is 0.0228 e. The van der Waals surface area contributed by atoms with Crippen LogP contribution in [0.1, 0.15) is 49.3 Å². The fourth-order valence-corrected chi connectivity index (χ4v) is 1.69. The first-order chi connectivity index (χ1) is 7.15. The van der Waals surface area contributed by atoms with Crippen molar-refractivity contribution in [2.75, 3.05) is 0 Å². The molecule has 1 rings (SSSR count). The summed E-state index contributed by atoms with van der Waals surface area (Å²) < 4.78 is 0. The molecule has 0 aliphatic carbocycles. The lowest BCUT2D eigenvalue weighted by molar-refractivity contribution is 0.736. The first kappa shape index (κ1) is 12.0. The van der Waals surface area contributed by atoms with E-state index >= 15 is 0 Å². The van der Waals surface area contributed by atoms with Gasteiger partial charge in [0.15, 0.2) is 0 Å². The van der Waals surface area contributed by atoms with Crippen LogP contribution < -0.4 is 0 Å². The first-order valence-corrected chi connectivity index (χ1v) is 5.90. The summed E-state index contributed by atoms with van der Waals surface area (Å²) in [4.78, 5) is 0. The summed E-state index contributed by atoms with van der Waals surface area (Å²) in [6, 6.07) is 6.63. The van der Waals surface area contributed by atoms with Crippen LogP contribution in [0.2, 0.25) is 0 Å². The number of allylic oxidation sites excluding steroid dienone is 1. The van der Waals surface area contributed by atoms with Gasteiger partial charge in [0, 0.05) is 0 Å². The van der Waals surface area contributed by atoms with E-state index in [1.54, 1.807) is 0 Å². The van der Waals surface area contributed by atoms with Crippen molar-refractivity contribution >= 4 is 5.57 Å². The number of hydrogen-bond donors (Lipinski definition) is 0. The van der Waals surface area contributed by atoms with E-state index in [0.29, 0.717) is 0 Å². The van der Waals surface area contributed by atoms with Crippen LogP contribution in [0.3, 0.4) is 0 Å². The number of unbranched alkanes of at least 4 members (excludes halogenated alkanes) is 2. The molecule has 0 radical (unpaired) electrons. The lowest BCUT2D eigenvalue weighted by Gasteiger charge is -2.08. The van der Waals surface area contributed by atoms with Gasteiger partial charge in [-0.25, -0.2) is 0 Å². The summed E-state index contributed by atoms with van der Waals surface area (Å²) in [6.45, 7) is 10.7. The van der Waals surface area contributed by atoms with E-state index in [4.69, 9.17) is 0 Å². The third-order valence-electron chi connectivity index (χ3n) is 3.00. The molecule has 0 spiro atoms. The summed E-state index contributed by atoms with van der Waals surface area (Å²) in [7, 11) is 0. The van der Waals surface area contributed by atoms with Crippen LogP contribution in [0.4, 0.5) is 0 Å². The molecular weight excluding hydrogens is 180 g/mol. The van der Waals surface area contributed by atoms with Gasteiger partial charge >= 0.3 is 0 Å². The molecule has 0 heterocycles. The van der Waals surface area contributed by atoms with E-state index in [0.717, 1.165) is 6.42 Å². The van der Waals surface area contributed by atoms with Crippen LogP contribution in [-0.2, 0) is 0 Å². The Kier molecular flexibility index (Phi) is 4.61. The molecule has 1 aromatic carbocycles. The van der Waals surface area contributed by atoms with Gasteiger partial charge in [-0.1, -0.05) is 44.5 Å². The SMILES string of the molecule is C=C(CCCCC)c1ccc(C)c(C)c1. The molecule has 82 valence electrons. The van der Waals surface area contributed by atoms with Crippen molar-refractivity contribution in [3.8, 4) is 0 Å². The van der Waals surface area contributed by atoms with Gasteiger partial charge in [0.2, 0.25) is 0 Å².